The summed E-state index contributed by atoms with van der Waals surface area (Å²) in [6.45, 7) is 14.0. The first-order chi connectivity index (χ1) is 26.8. The zero-order valence-electron chi connectivity index (χ0n) is 34.9. The van der Waals surface area contributed by atoms with Gasteiger partial charge in [0.05, 0.1) is 12.1 Å². The molecule has 0 radical (unpaired) electrons. The van der Waals surface area contributed by atoms with Gasteiger partial charge in [0.1, 0.15) is 6.61 Å². The van der Waals surface area contributed by atoms with E-state index in [2.05, 4.69) is 29.8 Å². The van der Waals surface area contributed by atoms with E-state index in [1.54, 1.807) is 45.2 Å². The van der Waals surface area contributed by atoms with Crippen molar-refractivity contribution in [2.75, 3.05) is 25.5 Å². The molecule has 57 heavy (non-hydrogen) atoms. The first-order valence-electron chi connectivity index (χ1n) is 20.0. The number of primary amides is 1. The van der Waals surface area contributed by atoms with Crippen molar-refractivity contribution in [3.05, 3.63) is 42.0 Å². The van der Waals surface area contributed by atoms with Crippen molar-refractivity contribution >= 4 is 53.0 Å². The smallest absolute Gasteiger partial charge is 0.410 e. The van der Waals surface area contributed by atoms with E-state index in [0.717, 1.165) is 4.90 Å². The number of urea groups is 1. The Balaban J connectivity index is 1.99. The van der Waals surface area contributed by atoms with Crippen LogP contribution in [0.1, 0.15) is 105 Å². The van der Waals surface area contributed by atoms with Gasteiger partial charge in [-0.25, -0.2) is 9.59 Å². The number of carbonyl (C=O) groups is 8. The number of carbonyl (C=O) groups excluding carboxylic acids is 8. The lowest BCUT2D eigenvalue weighted by molar-refractivity contribution is -0.137. The van der Waals surface area contributed by atoms with Crippen LogP contribution in [0.15, 0.2) is 36.4 Å². The average molecular weight is 797 g/mol. The molecule has 0 aliphatic carbocycles. The monoisotopic (exact) mass is 796 g/mol. The number of unbranched alkanes of at least 4 members (excludes halogenated alkanes) is 2. The fraction of sp³-hybridized carbons (Fsp3) is 0.619. The third-order valence-electron chi connectivity index (χ3n) is 10.3. The van der Waals surface area contributed by atoms with Crippen LogP contribution in [-0.2, 0) is 40.1 Å². The van der Waals surface area contributed by atoms with Crippen molar-refractivity contribution in [2.45, 2.75) is 119 Å². The molecule has 0 unspecified atom stereocenters. The number of Topliss-reactive ketones (excluding diaryl/α,β-unsaturated/α-hetero) is 2. The Kier molecular flexibility index (Phi) is 20.1. The Morgan fingerprint density at radius 2 is 1.42 bits per heavy atom. The number of amides is 7. The van der Waals surface area contributed by atoms with Crippen molar-refractivity contribution in [1.29, 1.82) is 0 Å². The molecule has 1 aliphatic rings. The molecule has 0 fully saturated rings. The van der Waals surface area contributed by atoms with Crippen LogP contribution in [-0.4, -0.2) is 89.3 Å². The van der Waals surface area contributed by atoms with Crippen LogP contribution in [0.5, 0.6) is 0 Å². The topological polar surface area (TPSA) is 214 Å². The highest BCUT2D eigenvalue weighted by Crippen LogP contribution is 2.22. The molecule has 7 amide bonds. The average Bonchev–Trinajstić information content (AvgIpc) is 3.46. The van der Waals surface area contributed by atoms with E-state index in [9.17, 15) is 38.4 Å². The van der Waals surface area contributed by atoms with Gasteiger partial charge in [-0.3, -0.25) is 33.7 Å². The number of ether oxygens (including phenoxy) is 1. The quantitative estimate of drug-likeness (QED) is 0.0763. The predicted octanol–water partition coefficient (Wildman–Crippen LogP) is 5.12. The molecule has 4 atom stereocenters. The van der Waals surface area contributed by atoms with Gasteiger partial charge in [-0.2, -0.15) is 0 Å². The standard InChI is InChI=1S/C42H64N6O9/c1-26(2)29(7)23-34(50)39(28(5)6)47(8)42(56)57-25-30-15-17-32(18-16-30)45-40(54)31(13-12-21-44-41(43)55)24-33(49)38(27(3)4)46-35(51)14-10-9-11-22-48-36(52)19-20-37(48)53/h15-20,26-29,31,38-39H,9-14,21-25H2,1-8H3,(H,45,54)(H,46,51)(H3,43,44,55)/t29-,31+,38-,39-/m0/s1. The van der Waals surface area contributed by atoms with E-state index in [0.29, 0.717) is 49.3 Å². The molecule has 2 rings (SSSR count). The molecule has 15 nitrogen and oxygen atoms in total. The molecular weight excluding hydrogens is 732 g/mol. The van der Waals surface area contributed by atoms with E-state index in [1.165, 1.54) is 17.1 Å². The van der Waals surface area contributed by atoms with Gasteiger partial charge in [0.2, 0.25) is 11.8 Å². The summed E-state index contributed by atoms with van der Waals surface area (Å²) in [6, 6.07) is 4.55. The number of likely N-dealkylation sites (N-methyl/N-ethyl adjacent to an activating group) is 1. The number of hydrogen-bond donors (Lipinski definition) is 4. The second kappa shape index (κ2) is 23.9. The zero-order chi connectivity index (χ0) is 42.8. The summed E-state index contributed by atoms with van der Waals surface area (Å²) in [5.74, 6) is -2.35. The summed E-state index contributed by atoms with van der Waals surface area (Å²) in [5.41, 5.74) is 6.30. The highest BCUT2D eigenvalue weighted by molar-refractivity contribution is 6.12. The van der Waals surface area contributed by atoms with Gasteiger partial charge < -0.3 is 31.3 Å². The minimum Gasteiger partial charge on any atom is -0.445 e. The number of hydrogen-bond acceptors (Lipinski definition) is 9. The number of rotatable bonds is 25. The zero-order valence-corrected chi connectivity index (χ0v) is 34.9. The number of imide groups is 1. The number of ketones is 2. The van der Waals surface area contributed by atoms with Gasteiger partial charge in [-0.15, -0.1) is 0 Å². The van der Waals surface area contributed by atoms with Crippen molar-refractivity contribution in [1.82, 2.24) is 20.4 Å². The Bertz CT molecular complexity index is 1570. The second-order valence-corrected chi connectivity index (χ2v) is 16.0. The number of benzene rings is 1. The highest BCUT2D eigenvalue weighted by Gasteiger charge is 2.32. The van der Waals surface area contributed by atoms with E-state index < -0.39 is 36.0 Å². The maximum atomic E-state index is 13.6. The summed E-state index contributed by atoms with van der Waals surface area (Å²) in [5, 5.41) is 8.16. The molecule has 0 aromatic heterocycles. The van der Waals surface area contributed by atoms with Crippen molar-refractivity contribution in [3.63, 3.8) is 0 Å². The molecule has 1 aromatic rings. The molecular formula is C42H64N6O9. The first kappa shape index (κ1) is 48.1. The lowest BCUT2D eigenvalue weighted by atomic mass is 9.87. The summed E-state index contributed by atoms with van der Waals surface area (Å²) in [6.07, 6.45) is 4.50. The molecule has 316 valence electrons. The van der Waals surface area contributed by atoms with Gasteiger partial charge in [0, 0.05) is 63.2 Å². The lowest BCUT2D eigenvalue weighted by Gasteiger charge is -2.30. The minimum atomic E-state index is -0.832. The van der Waals surface area contributed by atoms with Gasteiger partial charge >= 0.3 is 12.1 Å². The molecule has 1 aliphatic heterocycles. The summed E-state index contributed by atoms with van der Waals surface area (Å²) >= 11 is 0. The van der Waals surface area contributed by atoms with Crippen LogP contribution < -0.4 is 21.7 Å². The van der Waals surface area contributed by atoms with Crippen molar-refractivity contribution in [2.24, 2.45) is 35.3 Å². The number of nitrogens with two attached hydrogens (primary N) is 1. The Morgan fingerprint density at radius 1 is 0.789 bits per heavy atom. The summed E-state index contributed by atoms with van der Waals surface area (Å²) in [7, 11) is 1.57. The molecule has 15 heteroatoms. The van der Waals surface area contributed by atoms with E-state index in [1.807, 2.05) is 20.8 Å². The van der Waals surface area contributed by atoms with Gasteiger partial charge in [-0.1, -0.05) is 67.0 Å². The van der Waals surface area contributed by atoms with E-state index in [4.69, 9.17) is 10.5 Å². The fourth-order valence-corrected chi connectivity index (χ4v) is 6.50. The Hall–Kier alpha value is -5.08. The lowest BCUT2D eigenvalue weighted by Crippen LogP contribution is -2.46. The SMILES string of the molecule is CC(C)[C@H](NC(=O)CCCCCN1C(=O)C=CC1=O)C(=O)C[C@@H](CCCNC(N)=O)C(=O)Nc1ccc(COC(=O)N(C)[C@H](C(=O)C[C@H](C)C(C)C)C(C)C)cc1. The van der Waals surface area contributed by atoms with Crippen LogP contribution in [0, 0.1) is 29.6 Å². The van der Waals surface area contributed by atoms with Crippen LogP contribution in [0.3, 0.4) is 0 Å². The third kappa shape index (κ3) is 16.5. The van der Waals surface area contributed by atoms with Crippen LogP contribution in [0.4, 0.5) is 15.3 Å². The predicted molar refractivity (Wildman–Crippen MR) is 216 cm³/mol. The summed E-state index contributed by atoms with van der Waals surface area (Å²) in [4.78, 5) is 103. The fourth-order valence-electron chi connectivity index (χ4n) is 6.50. The first-order valence-corrected chi connectivity index (χ1v) is 20.0. The Morgan fingerprint density at radius 3 is 1.98 bits per heavy atom. The number of nitrogens with one attached hydrogen (secondary N) is 3. The molecule has 0 spiro atoms. The molecule has 1 aromatic carbocycles. The maximum absolute atomic E-state index is 13.6. The summed E-state index contributed by atoms with van der Waals surface area (Å²) < 4.78 is 5.54. The second-order valence-electron chi connectivity index (χ2n) is 16.0. The molecule has 0 bridgehead atoms. The van der Waals surface area contributed by atoms with Crippen LogP contribution >= 0.6 is 0 Å². The third-order valence-corrected chi connectivity index (χ3v) is 10.3. The van der Waals surface area contributed by atoms with E-state index >= 15 is 0 Å². The molecule has 5 N–H and O–H groups in total. The number of nitrogens with zero attached hydrogens (tertiary/aromatic N) is 2. The number of anilines is 1. The highest BCUT2D eigenvalue weighted by atomic mass is 16.6. The minimum absolute atomic E-state index is 0.00550. The normalized spacial score (nSPS) is 14.7. The van der Waals surface area contributed by atoms with Crippen LogP contribution in [0.25, 0.3) is 0 Å². The van der Waals surface area contributed by atoms with Crippen molar-refractivity contribution in [3.8, 4) is 0 Å². The van der Waals surface area contributed by atoms with E-state index in [-0.39, 0.29) is 86.0 Å². The largest absolute Gasteiger partial charge is 0.445 e. The van der Waals surface area contributed by atoms with Crippen LogP contribution in [0.2, 0.25) is 0 Å². The van der Waals surface area contributed by atoms with Crippen molar-refractivity contribution < 1.29 is 43.1 Å². The molecule has 0 saturated heterocycles. The molecule has 0 saturated carbocycles. The van der Waals surface area contributed by atoms with Gasteiger partial charge in [-0.05, 0) is 67.1 Å². The van der Waals surface area contributed by atoms with Gasteiger partial charge in [0.25, 0.3) is 11.8 Å². The van der Waals surface area contributed by atoms with Gasteiger partial charge in [0.15, 0.2) is 11.6 Å². The Labute approximate surface area is 337 Å². The maximum Gasteiger partial charge on any atom is 0.410 e. The molecule has 1 heterocycles.